The molecule has 2 N–H and O–H groups in total. The predicted molar refractivity (Wildman–Crippen MR) is 116 cm³/mol. The zero-order valence-electron chi connectivity index (χ0n) is 18.5. The number of hydrogen-bond donors (Lipinski definition) is 2. The van der Waals surface area contributed by atoms with Gasteiger partial charge in [-0.25, -0.2) is 4.98 Å². The number of ether oxygens (including phenoxy) is 2. The van der Waals surface area contributed by atoms with Crippen LogP contribution in [0.4, 0.5) is 0 Å². The molecule has 0 radical (unpaired) electrons. The summed E-state index contributed by atoms with van der Waals surface area (Å²) in [4.78, 5) is 47.3. The van der Waals surface area contributed by atoms with Gasteiger partial charge in [-0.15, -0.1) is 0 Å². The number of para-hydroxylation sites is 2. The number of aromatic nitrogens is 2. The highest BCUT2D eigenvalue weighted by atomic mass is 16.5. The zero-order chi connectivity index (χ0) is 23.1. The normalized spacial score (nSPS) is 18.8. The number of rotatable bonds is 10. The summed E-state index contributed by atoms with van der Waals surface area (Å²) in [5.41, 5.74) is 1.73. The molecule has 3 rings (SSSR count). The van der Waals surface area contributed by atoms with Gasteiger partial charge >= 0.3 is 17.9 Å². The first-order chi connectivity index (χ1) is 15.4. The van der Waals surface area contributed by atoms with E-state index in [1.54, 1.807) is 4.90 Å². The molecule has 0 amide bonds. The smallest absolute Gasteiger partial charge is 0.319 e. The first-order valence-electron chi connectivity index (χ1n) is 10.7. The molecule has 0 saturated heterocycles. The Kier molecular flexibility index (Phi) is 8.18. The summed E-state index contributed by atoms with van der Waals surface area (Å²) in [5, 5.41) is 9.43. The summed E-state index contributed by atoms with van der Waals surface area (Å²) >= 11 is 0. The minimum Gasteiger partial charge on any atom is -0.480 e. The van der Waals surface area contributed by atoms with Crippen LogP contribution in [0.25, 0.3) is 11.0 Å². The Balaban J connectivity index is 1.89. The summed E-state index contributed by atoms with van der Waals surface area (Å²) in [6, 6.07) is 7.30. The number of carbonyl (C=O) groups is 3. The highest BCUT2D eigenvalue weighted by molar-refractivity contribution is 5.75. The highest BCUT2D eigenvalue weighted by Gasteiger charge is 2.37. The molecule has 1 aromatic carbocycles. The molecule has 0 spiro atoms. The molecule has 1 fully saturated rings. The Bertz CT molecular complexity index is 912. The van der Waals surface area contributed by atoms with Crippen LogP contribution >= 0.6 is 0 Å². The molecule has 1 saturated carbocycles. The number of aliphatic carboxylic acids is 1. The number of aromatic amines is 1. The van der Waals surface area contributed by atoms with Crippen molar-refractivity contribution in [1.29, 1.82) is 0 Å². The zero-order valence-corrected chi connectivity index (χ0v) is 18.5. The van der Waals surface area contributed by atoms with Crippen molar-refractivity contribution < 1.29 is 29.0 Å². The molecule has 1 aliphatic carbocycles. The second-order valence-electron chi connectivity index (χ2n) is 7.98. The van der Waals surface area contributed by atoms with E-state index in [2.05, 4.69) is 9.97 Å². The SMILES string of the molecule is COC(=O)CN(CC(=O)O)C1CCCC[C@@H]1N(CC(=O)OC)Cc1nc2ccccc2[nH]1. The summed E-state index contributed by atoms with van der Waals surface area (Å²) in [6.07, 6.45) is 3.33. The third-order valence-corrected chi connectivity index (χ3v) is 5.88. The number of benzene rings is 1. The number of nitrogens with one attached hydrogen (secondary N) is 1. The minimum atomic E-state index is -1.02. The van der Waals surface area contributed by atoms with Crippen molar-refractivity contribution in [2.45, 2.75) is 44.3 Å². The molecule has 1 aliphatic rings. The Morgan fingerprint density at radius 2 is 1.59 bits per heavy atom. The molecule has 0 aliphatic heterocycles. The van der Waals surface area contributed by atoms with Gasteiger partial charge in [-0.1, -0.05) is 25.0 Å². The molecule has 2 atom stereocenters. The number of hydrogen-bond acceptors (Lipinski definition) is 8. The topological polar surface area (TPSA) is 125 Å². The van der Waals surface area contributed by atoms with Crippen LogP contribution < -0.4 is 0 Å². The van der Waals surface area contributed by atoms with Crippen LogP contribution in [0.1, 0.15) is 31.5 Å². The van der Waals surface area contributed by atoms with Gasteiger partial charge in [-0.3, -0.25) is 24.2 Å². The van der Waals surface area contributed by atoms with Gasteiger partial charge < -0.3 is 19.6 Å². The first-order valence-corrected chi connectivity index (χ1v) is 10.7. The molecule has 32 heavy (non-hydrogen) atoms. The van der Waals surface area contributed by atoms with Crippen LogP contribution in [0.15, 0.2) is 24.3 Å². The maximum absolute atomic E-state index is 12.2. The lowest BCUT2D eigenvalue weighted by Gasteiger charge is -2.43. The molecule has 10 heteroatoms. The van der Waals surface area contributed by atoms with Gasteiger partial charge in [-0.2, -0.15) is 0 Å². The molecule has 10 nitrogen and oxygen atoms in total. The van der Waals surface area contributed by atoms with Crippen molar-refractivity contribution in [1.82, 2.24) is 19.8 Å². The van der Waals surface area contributed by atoms with E-state index in [1.807, 2.05) is 29.2 Å². The third kappa shape index (κ3) is 6.04. The standard InChI is InChI=1S/C22H30N4O6/c1-31-21(29)13-25(11-19-23-15-7-3-4-8-16(15)24-19)17-9-5-6-10-18(17)26(12-20(27)28)14-22(30)32-2/h3-4,7-8,17-18H,5-6,9-14H2,1-2H3,(H,23,24)(H,27,28)/t17-,18?/m0/s1. The number of methoxy groups -OCH3 is 2. The number of imidazole rings is 1. The number of esters is 2. The van der Waals surface area contributed by atoms with Crippen LogP contribution in [-0.4, -0.2) is 88.7 Å². The van der Waals surface area contributed by atoms with Crippen molar-refractivity contribution in [2.24, 2.45) is 0 Å². The van der Waals surface area contributed by atoms with Gasteiger partial charge in [0.1, 0.15) is 5.82 Å². The van der Waals surface area contributed by atoms with Crippen molar-refractivity contribution >= 4 is 28.9 Å². The van der Waals surface area contributed by atoms with E-state index >= 15 is 0 Å². The van der Waals surface area contributed by atoms with E-state index in [-0.39, 0.29) is 37.7 Å². The molecule has 1 unspecified atom stereocenters. The number of H-pyrrole nitrogens is 1. The molecule has 2 aromatic rings. The Morgan fingerprint density at radius 1 is 1.00 bits per heavy atom. The fraction of sp³-hybridized carbons (Fsp3) is 0.545. The lowest BCUT2D eigenvalue weighted by molar-refractivity contribution is -0.148. The van der Waals surface area contributed by atoms with E-state index in [1.165, 1.54) is 14.2 Å². The number of carbonyl (C=O) groups excluding carboxylic acids is 2. The van der Waals surface area contributed by atoms with Gasteiger partial charge in [-0.05, 0) is 25.0 Å². The molecular formula is C22H30N4O6. The largest absolute Gasteiger partial charge is 0.480 e. The molecule has 0 bridgehead atoms. The molecule has 1 aromatic heterocycles. The molecule has 174 valence electrons. The van der Waals surface area contributed by atoms with E-state index in [4.69, 9.17) is 9.47 Å². The Labute approximate surface area is 186 Å². The van der Waals surface area contributed by atoms with Crippen molar-refractivity contribution in [3.63, 3.8) is 0 Å². The highest BCUT2D eigenvalue weighted by Crippen LogP contribution is 2.28. The minimum absolute atomic E-state index is 0.0356. The average Bonchev–Trinajstić information content (AvgIpc) is 3.20. The van der Waals surface area contributed by atoms with Crippen LogP contribution in [0.2, 0.25) is 0 Å². The van der Waals surface area contributed by atoms with E-state index in [0.29, 0.717) is 18.8 Å². The molecule has 1 heterocycles. The summed E-state index contributed by atoms with van der Waals surface area (Å²) < 4.78 is 9.70. The van der Waals surface area contributed by atoms with Crippen LogP contribution in [0, 0.1) is 0 Å². The first kappa shape index (κ1) is 23.7. The van der Waals surface area contributed by atoms with E-state index < -0.39 is 11.9 Å². The fourth-order valence-electron chi connectivity index (χ4n) is 4.43. The molecular weight excluding hydrogens is 416 g/mol. The second kappa shape index (κ2) is 11.1. The average molecular weight is 447 g/mol. The summed E-state index contributed by atoms with van der Waals surface area (Å²) in [6.45, 7) is -0.00837. The van der Waals surface area contributed by atoms with Crippen LogP contribution in [-0.2, 0) is 30.4 Å². The number of fused-ring (bicyclic) bond motifs is 1. The maximum atomic E-state index is 12.2. The third-order valence-electron chi connectivity index (χ3n) is 5.88. The lowest BCUT2D eigenvalue weighted by Crippen LogP contribution is -2.56. The number of carboxylic acids is 1. The fourth-order valence-corrected chi connectivity index (χ4v) is 4.43. The van der Waals surface area contributed by atoms with Crippen LogP contribution in [0.5, 0.6) is 0 Å². The van der Waals surface area contributed by atoms with Crippen molar-refractivity contribution in [3.05, 3.63) is 30.1 Å². The van der Waals surface area contributed by atoms with Gasteiger partial charge in [0.2, 0.25) is 0 Å². The van der Waals surface area contributed by atoms with Crippen LogP contribution in [0.3, 0.4) is 0 Å². The monoisotopic (exact) mass is 446 g/mol. The predicted octanol–water partition coefficient (Wildman–Crippen LogP) is 1.41. The maximum Gasteiger partial charge on any atom is 0.319 e. The number of nitrogens with zero attached hydrogens (tertiary/aromatic N) is 3. The van der Waals surface area contributed by atoms with Gasteiger partial charge in [0.15, 0.2) is 0 Å². The summed E-state index contributed by atoms with van der Waals surface area (Å²) in [7, 11) is 2.62. The second-order valence-corrected chi connectivity index (χ2v) is 7.98. The Hall–Kier alpha value is -2.98. The summed E-state index contributed by atoms with van der Waals surface area (Å²) in [5.74, 6) is -1.19. The Morgan fingerprint density at radius 3 is 2.19 bits per heavy atom. The number of carboxylic acid groups (broad SMARTS) is 1. The van der Waals surface area contributed by atoms with E-state index in [0.717, 1.165) is 30.3 Å². The van der Waals surface area contributed by atoms with Crippen molar-refractivity contribution in [3.8, 4) is 0 Å². The van der Waals surface area contributed by atoms with E-state index in [9.17, 15) is 19.5 Å². The van der Waals surface area contributed by atoms with Gasteiger partial charge in [0.05, 0.1) is 51.4 Å². The van der Waals surface area contributed by atoms with Crippen molar-refractivity contribution in [2.75, 3.05) is 33.9 Å². The van der Waals surface area contributed by atoms with Gasteiger partial charge in [0.25, 0.3) is 0 Å². The lowest BCUT2D eigenvalue weighted by atomic mass is 9.87. The quantitative estimate of drug-likeness (QED) is 0.521. The van der Waals surface area contributed by atoms with Gasteiger partial charge in [0, 0.05) is 12.1 Å².